The molecular formula is C16H15BrClN3O6S. The van der Waals surface area contributed by atoms with Crippen LogP contribution < -0.4 is 15.8 Å². The highest BCUT2D eigenvalue weighted by Gasteiger charge is 2.24. The van der Waals surface area contributed by atoms with Gasteiger partial charge in [0.15, 0.2) is 0 Å². The molecule has 0 radical (unpaired) electrons. The van der Waals surface area contributed by atoms with E-state index in [1.165, 1.54) is 0 Å². The molecule has 2 aromatic carbocycles. The molecule has 0 aliphatic rings. The Bertz CT molecular complexity index is 1040. The van der Waals surface area contributed by atoms with E-state index >= 15 is 0 Å². The van der Waals surface area contributed by atoms with E-state index in [9.17, 15) is 23.1 Å². The molecule has 0 fully saturated rings. The van der Waals surface area contributed by atoms with E-state index in [-0.39, 0.29) is 17.7 Å². The smallest absolute Gasteiger partial charge is 0.323 e. The highest BCUT2D eigenvalue weighted by atomic mass is 79.9. The molecule has 0 bridgehead atoms. The Hall–Kier alpha value is -2.34. The average Bonchev–Trinajstić information content (AvgIpc) is 2.58. The van der Waals surface area contributed by atoms with E-state index in [1.807, 2.05) is 0 Å². The molecule has 0 atom stereocenters. The minimum Gasteiger partial charge on any atom is -0.505 e. The van der Waals surface area contributed by atoms with Gasteiger partial charge in [0.25, 0.3) is 0 Å². The Labute approximate surface area is 173 Å². The second-order valence-electron chi connectivity index (χ2n) is 5.56. The lowest BCUT2D eigenvalue weighted by Gasteiger charge is -2.16. The molecule has 150 valence electrons. The van der Waals surface area contributed by atoms with Crippen LogP contribution >= 0.6 is 27.5 Å². The Morgan fingerprint density at radius 3 is 2.36 bits per heavy atom. The molecule has 2 aromatic rings. The first-order valence-electron chi connectivity index (χ1n) is 7.62. The van der Waals surface area contributed by atoms with Crippen LogP contribution in [0.4, 0.5) is 16.2 Å². The van der Waals surface area contributed by atoms with Gasteiger partial charge in [-0.25, -0.2) is 18.4 Å². The summed E-state index contributed by atoms with van der Waals surface area (Å²) in [4.78, 5) is 22.5. The molecule has 0 heterocycles. The van der Waals surface area contributed by atoms with Gasteiger partial charge < -0.3 is 20.8 Å². The van der Waals surface area contributed by atoms with E-state index in [1.54, 1.807) is 24.3 Å². The highest BCUT2D eigenvalue weighted by Crippen LogP contribution is 2.39. The van der Waals surface area contributed by atoms with Crippen LogP contribution in [-0.4, -0.2) is 30.6 Å². The molecule has 2 amide bonds. The minimum atomic E-state index is -4.30. The Kier molecular flexibility index (Phi) is 6.88. The maximum Gasteiger partial charge on any atom is 0.323 e. The van der Waals surface area contributed by atoms with Crippen molar-refractivity contribution in [1.82, 2.24) is 0 Å². The van der Waals surface area contributed by atoms with Crippen molar-refractivity contribution >= 4 is 60.9 Å². The van der Waals surface area contributed by atoms with Crippen molar-refractivity contribution in [2.45, 2.75) is 17.7 Å². The molecule has 0 spiro atoms. The van der Waals surface area contributed by atoms with E-state index in [0.717, 1.165) is 6.07 Å². The summed E-state index contributed by atoms with van der Waals surface area (Å²) in [5, 5.41) is 28.8. The number of nitrogens with one attached hydrogen (secondary N) is 2. The van der Waals surface area contributed by atoms with Gasteiger partial charge in [-0.2, -0.15) is 0 Å². The van der Waals surface area contributed by atoms with E-state index in [4.69, 9.17) is 21.8 Å². The summed E-state index contributed by atoms with van der Waals surface area (Å²) in [6, 6.07) is 6.85. The molecule has 9 nitrogen and oxygen atoms in total. The number of sulfonamides is 1. The predicted molar refractivity (Wildman–Crippen MR) is 107 cm³/mol. The van der Waals surface area contributed by atoms with Crippen molar-refractivity contribution < 1.29 is 28.2 Å². The molecule has 12 heteroatoms. The predicted octanol–water partition coefficient (Wildman–Crippen LogP) is 3.12. The van der Waals surface area contributed by atoms with Gasteiger partial charge in [-0.1, -0.05) is 23.7 Å². The summed E-state index contributed by atoms with van der Waals surface area (Å²) < 4.78 is 24.2. The van der Waals surface area contributed by atoms with Gasteiger partial charge in [-0.3, -0.25) is 4.79 Å². The number of nitrogens with two attached hydrogens (primary N) is 1. The van der Waals surface area contributed by atoms with Crippen LogP contribution in [-0.2, 0) is 21.2 Å². The fourth-order valence-electron chi connectivity index (χ4n) is 2.28. The summed E-state index contributed by atoms with van der Waals surface area (Å²) in [6.07, 6.45) is -0.701. The van der Waals surface area contributed by atoms with Crippen LogP contribution in [0.3, 0.4) is 0 Å². The number of para-hydroxylation sites is 1. The van der Waals surface area contributed by atoms with E-state index in [2.05, 4.69) is 26.6 Å². The third-order valence-electron chi connectivity index (χ3n) is 3.56. The molecule has 0 saturated carbocycles. The number of aromatic hydroxyl groups is 1. The third kappa shape index (κ3) is 5.35. The number of phenols is 1. The number of benzene rings is 2. The molecule has 0 unspecified atom stereocenters. The molecular weight excluding hydrogens is 478 g/mol. The number of carbonyl (C=O) groups excluding carboxylic acids is 1. The minimum absolute atomic E-state index is 0.160. The molecule has 0 saturated heterocycles. The van der Waals surface area contributed by atoms with Crippen LogP contribution in [0.15, 0.2) is 39.7 Å². The molecule has 6 N–H and O–H groups in total. The van der Waals surface area contributed by atoms with Gasteiger partial charge in [0, 0.05) is 16.5 Å². The quantitative estimate of drug-likeness (QED) is 0.390. The van der Waals surface area contributed by atoms with Crippen LogP contribution in [0.1, 0.15) is 12.0 Å². The number of phenolic OH excluding ortho intramolecular Hbond substituents is 1. The summed E-state index contributed by atoms with van der Waals surface area (Å²) >= 11 is 9.25. The molecule has 0 aliphatic heterocycles. The fourth-order valence-corrected chi connectivity index (χ4v) is 3.88. The van der Waals surface area contributed by atoms with Gasteiger partial charge in [-0.05, 0) is 40.5 Å². The summed E-state index contributed by atoms with van der Waals surface area (Å²) in [6.45, 7) is 0. The maximum absolute atomic E-state index is 12.2. The molecule has 0 aliphatic carbocycles. The Morgan fingerprint density at radius 1 is 1.18 bits per heavy atom. The first-order valence-corrected chi connectivity index (χ1v) is 10.3. The topological polar surface area (TPSA) is 159 Å². The molecule has 0 aromatic heterocycles. The summed E-state index contributed by atoms with van der Waals surface area (Å²) in [5.74, 6) is -1.74. The number of primary sulfonamides is 1. The second kappa shape index (κ2) is 8.78. The number of hydrogen-bond donors (Lipinski definition) is 5. The average molecular weight is 493 g/mol. The first-order chi connectivity index (χ1) is 13.0. The fraction of sp³-hybridized carbons (Fsp3) is 0.125. The normalized spacial score (nSPS) is 11.1. The molecule has 2 rings (SSSR count). The van der Waals surface area contributed by atoms with Crippen molar-refractivity contribution in [2.75, 3.05) is 10.6 Å². The third-order valence-corrected chi connectivity index (χ3v) is 5.73. The number of aliphatic carboxylic acids is 1. The zero-order chi connectivity index (χ0) is 21.1. The van der Waals surface area contributed by atoms with Crippen molar-refractivity contribution in [3.8, 4) is 5.75 Å². The number of hydrogen-bond acceptors (Lipinski definition) is 5. The SMILES string of the molecule is NS(=O)(=O)c1cc(NC(=O)Nc2ccccc2Br)c(O)c(CCC(=O)O)c1Cl. The van der Waals surface area contributed by atoms with Crippen LogP contribution in [0.25, 0.3) is 0 Å². The summed E-state index contributed by atoms with van der Waals surface area (Å²) in [5.41, 5.74) is -0.0311. The lowest BCUT2D eigenvalue weighted by Crippen LogP contribution is -2.21. The second-order valence-corrected chi connectivity index (χ2v) is 8.32. The largest absolute Gasteiger partial charge is 0.505 e. The summed E-state index contributed by atoms with van der Waals surface area (Å²) in [7, 11) is -4.30. The number of anilines is 2. The van der Waals surface area contributed by atoms with Crippen LogP contribution in [0, 0.1) is 0 Å². The Morgan fingerprint density at radius 2 is 1.79 bits per heavy atom. The van der Waals surface area contributed by atoms with Crippen LogP contribution in [0.2, 0.25) is 5.02 Å². The van der Waals surface area contributed by atoms with Crippen molar-refractivity contribution in [3.05, 3.63) is 45.4 Å². The highest BCUT2D eigenvalue weighted by molar-refractivity contribution is 9.10. The van der Waals surface area contributed by atoms with Crippen molar-refractivity contribution in [2.24, 2.45) is 5.14 Å². The number of halogens is 2. The van der Waals surface area contributed by atoms with Gasteiger partial charge in [0.2, 0.25) is 10.0 Å². The number of carboxylic acid groups (broad SMARTS) is 1. The lowest BCUT2D eigenvalue weighted by molar-refractivity contribution is -0.136. The lowest BCUT2D eigenvalue weighted by atomic mass is 10.1. The van der Waals surface area contributed by atoms with Gasteiger partial charge in [-0.15, -0.1) is 0 Å². The number of rotatable bonds is 6. The zero-order valence-electron chi connectivity index (χ0n) is 14.1. The standard InChI is InChI=1S/C16H15BrClN3O6S/c17-9-3-1-2-4-10(9)20-16(25)21-11-7-12(28(19,26)27)14(18)8(15(11)24)5-6-13(22)23/h1-4,7,24H,5-6H2,(H,22,23)(H2,19,26,27)(H2,20,21,25). The van der Waals surface area contributed by atoms with E-state index < -0.39 is 44.1 Å². The monoisotopic (exact) mass is 491 g/mol. The number of carbonyl (C=O) groups is 2. The number of carboxylic acids is 1. The number of urea groups is 1. The van der Waals surface area contributed by atoms with Gasteiger partial charge >= 0.3 is 12.0 Å². The van der Waals surface area contributed by atoms with Crippen molar-refractivity contribution in [1.29, 1.82) is 0 Å². The number of amides is 2. The van der Waals surface area contributed by atoms with Crippen molar-refractivity contribution in [3.63, 3.8) is 0 Å². The first kappa shape index (κ1) is 22.0. The zero-order valence-corrected chi connectivity index (χ0v) is 17.2. The molecule has 28 heavy (non-hydrogen) atoms. The maximum atomic E-state index is 12.2. The Balaban J connectivity index is 2.42. The van der Waals surface area contributed by atoms with Crippen LogP contribution in [0.5, 0.6) is 5.75 Å². The van der Waals surface area contributed by atoms with Gasteiger partial charge in [0.05, 0.1) is 16.4 Å². The van der Waals surface area contributed by atoms with Gasteiger partial charge in [0.1, 0.15) is 10.6 Å². The van der Waals surface area contributed by atoms with E-state index in [0.29, 0.717) is 10.2 Å².